The van der Waals surface area contributed by atoms with Gasteiger partial charge in [0, 0.05) is 28.7 Å². The number of aromatic nitrogens is 1. The second-order valence-electron chi connectivity index (χ2n) is 6.40. The minimum Gasteiger partial charge on any atom is -0.385 e. The lowest BCUT2D eigenvalue weighted by atomic mass is 9.90. The van der Waals surface area contributed by atoms with Crippen molar-refractivity contribution in [2.45, 2.75) is 52.9 Å². The molecule has 2 nitrogen and oxygen atoms in total. The summed E-state index contributed by atoms with van der Waals surface area (Å²) in [6.07, 6.45) is 2.24. The van der Waals surface area contributed by atoms with Gasteiger partial charge in [-0.05, 0) is 25.0 Å². The van der Waals surface area contributed by atoms with Crippen LogP contribution in [0.4, 0.5) is 5.69 Å². The van der Waals surface area contributed by atoms with E-state index in [0.29, 0.717) is 0 Å². The number of anilines is 1. The van der Waals surface area contributed by atoms with Crippen molar-refractivity contribution in [3.8, 4) is 0 Å². The molecule has 1 aromatic carbocycles. The molecule has 0 unspecified atom stereocenters. The Bertz CT molecular complexity index is 594. The highest BCUT2D eigenvalue weighted by Gasteiger charge is 2.18. The van der Waals surface area contributed by atoms with Gasteiger partial charge in [-0.2, -0.15) is 0 Å². The van der Waals surface area contributed by atoms with Crippen molar-refractivity contribution in [3.63, 3.8) is 0 Å². The first-order valence-corrected chi connectivity index (χ1v) is 7.64. The molecule has 0 bridgehead atoms. The number of para-hydroxylation sites is 1. The highest BCUT2D eigenvalue weighted by atomic mass is 14.9. The number of aryl methyl sites for hydroxylation is 1. The number of nitrogens with zero attached hydrogens (tertiary/aromatic N) is 1. The lowest BCUT2D eigenvalue weighted by Crippen LogP contribution is -2.15. The van der Waals surface area contributed by atoms with Crippen LogP contribution in [0.25, 0.3) is 10.9 Å². The van der Waals surface area contributed by atoms with Crippen LogP contribution >= 0.6 is 0 Å². The molecule has 108 valence electrons. The van der Waals surface area contributed by atoms with Gasteiger partial charge < -0.3 is 5.32 Å². The fourth-order valence-electron chi connectivity index (χ4n) is 2.50. The Balaban J connectivity index is 2.72. The number of hydrogen-bond acceptors (Lipinski definition) is 2. The number of rotatable bonds is 4. The van der Waals surface area contributed by atoms with Crippen LogP contribution in [0.3, 0.4) is 0 Å². The predicted molar refractivity (Wildman–Crippen MR) is 88.6 cm³/mol. The van der Waals surface area contributed by atoms with Gasteiger partial charge in [0.25, 0.3) is 0 Å². The lowest BCUT2D eigenvalue weighted by molar-refractivity contribution is 0.571. The van der Waals surface area contributed by atoms with E-state index in [-0.39, 0.29) is 5.41 Å². The SMILES string of the molecule is CCCc1cccc2c(NCC)cc(C(C)(C)C)nc12. The molecule has 20 heavy (non-hydrogen) atoms. The van der Waals surface area contributed by atoms with Crippen molar-refractivity contribution in [2.24, 2.45) is 0 Å². The summed E-state index contributed by atoms with van der Waals surface area (Å²) in [6, 6.07) is 8.74. The predicted octanol–water partition coefficient (Wildman–Crippen LogP) is 4.92. The average Bonchev–Trinajstić information content (AvgIpc) is 2.39. The molecule has 0 aliphatic rings. The van der Waals surface area contributed by atoms with Crippen LogP contribution in [0.15, 0.2) is 24.3 Å². The van der Waals surface area contributed by atoms with Crippen LogP contribution in [0.1, 0.15) is 52.3 Å². The molecule has 1 N–H and O–H groups in total. The quantitative estimate of drug-likeness (QED) is 0.853. The molecule has 2 aromatic rings. The molecule has 0 aliphatic carbocycles. The second kappa shape index (κ2) is 5.82. The molecule has 0 fully saturated rings. The van der Waals surface area contributed by atoms with Crippen LogP contribution in [0.5, 0.6) is 0 Å². The van der Waals surface area contributed by atoms with E-state index in [4.69, 9.17) is 4.98 Å². The van der Waals surface area contributed by atoms with Gasteiger partial charge in [0.1, 0.15) is 0 Å². The standard InChI is InChI=1S/C18H26N2/c1-6-9-13-10-8-11-14-15(19-7-2)12-16(18(3,4)5)20-17(13)14/h8,10-12H,6-7,9H2,1-5H3,(H,19,20). The molecule has 0 aliphatic heterocycles. The number of fused-ring (bicyclic) bond motifs is 1. The first-order valence-electron chi connectivity index (χ1n) is 7.64. The topological polar surface area (TPSA) is 24.9 Å². The Labute approximate surface area is 122 Å². The van der Waals surface area contributed by atoms with E-state index in [2.05, 4.69) is 64.2 Å². The maximum absolute atomic E-state index is 4.97. The van der Waals surface area contributed by atoms with Crippen LogP contribution in [0, 0.1) is 0 Å². The van der Waals surface area contributed by atoms with Crippen LogP contribution in [0.2, 0.25) is 0 Å². The summed E-state index contributed by atoms with van der Waals surface area (Å²) >= 11 is 0. The van der Waals surface area contributed by atoms with Gasteiger partial charge in [-0.25, -0.2) is 0 Å². The monoisotopic (exact) mass is 270 g/mol. The van der Waals surface area contributed by atoms with E-state index in [1.54, 1.807) is 0 Å². The molecule has 0 spiro atoms. The fourth-order valence-corrected chi connectivity index (χ4v) is 2.50. The third-order valence-electron chi connectivity index (χ3n) is 3.58. The Morgan fingerprint density at radius 1 is 1.15 bits per heavy atom. The van der Waals surface area contributed by atoms with Crippen LogP contribution < -0.4 is 5.32 Å². The van der Waals surface area contributed by atoms with Crippen molar-refractivity contribution in [1.29, 1.82) is 0 Å². The second-order valence-corrected chi connectivity index (χ2v) is 6.40. The third-order valence-corrected chi connectivity index (χ3v) is 3.58. The van der Waals surface area contributed by atoms with E-state index in [0.717, 1.165) is 30.6 Å². The molecule has 2 rings (SSSR count). The fraction of sp³-hybridized carbons (Fsp3) is 0.500. The van der Waals surface area contributed by atoms with Crippen molar-refractivity contribution in [1.82, 2.24) is 4.98 Å². The van der Waals surface area contributed by atoms with Crippen molar-refractivity contribution < 1.29 is 0 Å². The zero-order valence-corrected chi connectivity index (χ0v) is 13.4. The van der Waals surface area contributed by atoms with E-state index in [9.17, 15) is 0 Å². The average molecular weight is 270 g/mol. The zero-order valence-electron chi connectivity index (χ0n) is 13.4. The summed E-state index contributed by atoms with van der Waals surface area (Å²) in [7, 11) is 0. The highest BCUT2D eigenvalue weighted by Crippen LogP contribution is 2.31. The van der Waals surface area contributed by atoms with Gasteiger partial charge in [0.15, 0.2) is 0 Å². The Morgan fingerprint density at radius 3 is 2.50 bits per heavy atom. The largest absolute Gasteiger partial charge is 0.385 e. The molecule has 2 heteroatoms. The van der Waals surface area contributed by atoms with E-state index in [1.165, 1.54) is 16.6 Å². The molecule has 0 amide bonds. The number of benzene rings is 1. The van der Waals surface area contributed by atoms with Gasteiger partial charge in [-0.15, -0.1) is 0 Å². The maximum atomic E-state index is 4.97. The molecule has 1 heterocycles. The number of nitrogens with one attached hydrogen (secondary N) is 1. The smallest absolute Gasteiger partial charge is 0.0758 e. The van der Waals surface area contributed by atoms with E-state index >= 15 is 0 Å². The first kappa shape index (κ1) is 14.8. The molecule has 0 atom stereocenters. The molecular formula is C18H26N2. The number of pyridine rings is 1. The summed E-state index contributed by atoms with van der Waals surface area (Å²) < 4.78 is 0. The van der Waals surface area contributed by atoms with Gasteiger partial charge >= 0.3 is 0 Å². The van der Waals surface area contributed by atoms with Gasteiger partial charge in [0.2, 0.25) is 0 Å². The minimum absolute atomic E-state index is 0.0672. The molecule has 0 saturated heterocycles. The summed E-state index contributed by atoms with van der Waals surface area (Å²) in [4.78, 5) is 4.97. The highest BCUT2D eigenvalue weighted by molar-refractivity contribution is 5.93. The normalized spacial score (nSPS) is 11.8. The molecular weight excluding hydrogens is 244 g/mol. The first-order chi connectivity index (χ1) is 9.47. The van der Waals surface area contributed by atoms with Gasteiger partial charge in [0.05, 0.1) is 5.52 Å². The maximum Gasteiger partial charge on any atom is 0.0758 e. The summed E-state index contributed by atoms with van der Waals surface area (Å²) in [5, 5.41) is 4.73. The lowest BCUT2D eigenvalue weighted by Gasteiger charge is -2.21. The molecule has 0 saturated carbocycles. The summed E-state index contributed by atoms with van der Waals surface area (Å²) in [5.41, 5.74) is 4.95. The van der Waals surface area contributed by atoms with Crippen molar-refractivity contribution >= 4 is 16.6 Å². The Kier molecular flexibility index (Phi) is 4.32. The van der Waals surface area contributed by atoms with Crippen LogP contribution in [-0.2, 0) is 11.8 Å². The minimum atomic E-state index is 0.0672. The summed E-state index contributed by atoms with van der Waals surface area (Å²) in [6.45, 7) is 12.0. The van der Waals surface area contributed by atoms with Gasteiger partial charge in [-0.1, -0.05) is 52.3 Å². The molecule has 0 radical (unpaired) electrons. The van der Waals surface area contributed by atoms with E-state index in [1.807, 2.05) is 0 Å². The Hall–Kier alpha value is -1.57. The van der Waals surface area contributed by atoms with E-state index < -0.39 is 0 Å². The van der Waals surface area contributed by atoms with Crippen molar-refractivity contribution in [2.75, 3.05) is 11.9 Å². The van der Waals surface area contributed by atoms with Gasteiger partial charge in [-0.3, -0.25) is 4.98 Å². The van der Waals surface area contributed by atoms with Crippen molar-refractivity contribution in [3.05, 3.63) is 35.5 Å². The molecule has 1 aromatic heterocycles. The number of hydrogen-bond donors (Lipinski definition) is 1. The van der Waals surface area contributed by atoms with Crippen LogP contribution in [-0.4, -0.2) is 11.5 Å². The summed E-state index contributed by atoms with van der Waals surface area (Å²) in [5.74, 6) is 0. The zero-order chi connectivity index (χ0) is 14.8. The Morgan fingerprint density at radius 2 is 1.90 bits per heavy atom. The third kappa shape index (κ3) is 2.95.